The van der Waals surface area contributed by atoms with Crippen LogP contribution in [0.5, 0.6) is 0 Å². The van der Waals surface area contributed by atoms with Crippen molar-refractivity contribution >= 4 is 5.91 Å². The molecule has 0 N–H and O–H groups in total. The summed E-state index contributed by atoms with van der Waals surface area (Å²) in [5.41, 5.74) is 1.82. The van der Waals surface area contributed by atoms with Gasteiger partial charge in [0.1, 0.15) is 6.26 Å². The number of nitrogens with zero attached hydrogens (tertiary/aromatic N) is 2. The molecule has 2 heterocycles. The standard InChI is InChI=1S/C15H16N2O3/c18-15(8-13-6-7-20-16-13)17-9-14(10-17)19-11-12-4-2-1-3-5-12/h1-7,14H,8-11H2. The number of benzene rings is 1. The van der Waals surface area contributed by atoms with Crippen molar-refractivity contribution < 1.29 is 14.1 Å². The van der Waals surface area contributed by atoms with Crippen molar-refractivity contribution in [3.05, 3.63) is 53.9 Å². The van der Waals surface area contributed by atoms with Gasteiger partial charge in [0.25, 0.3) is 0 Å². The molecule has 1 aromatic carbocycles. The fraction of sp³-hybridized carbons (Fsp3) is 0.333. The number of carbonyl (C=O) groups is 1. The van der Waals surface area contributed by atoms with Crippen LogP contribution in [0.15, 0.2) is 47.2 Å². The maximum Gasteiger partial charge on any atom is 0.228 e. The lowest BCUT2D eigenvalue weighted by molar-refractivity contribution is -0.145. The van der Waals surface area contributed by atoms with E-state index >= 15 is 0 Å². The van der Waals surface area contributed by atoms with Crippen molar-refractivity contribution in [2.75, 3.05) is 13.1 Å². The smallest absolute Gasteiger partial charge is 0.228 e. The number of hydrogen-bond donors (Lipinski definition) is 0. The Morgan fingerprint density at radius 1 is 1.30 bits per heavy atom. The molecule has 1 saturated heterocycles. The van der Waals surface area contributed by atoms with Crippen molar-refractivity contribution in [2.24, 2.45) is 0 Å². The molecule has 0 aliphatic carbocycles. The second-order valence-electron chi connectivity index (χ2n) is 4.88. The van der Waals surface area contributed by atoms with Crippen LogP contribution in [0.2, 0.25) is 0 Å². The van der Waals surface area contributed by atoms with Gasteiger partial charge in [0.05, 0.1) is 24.8 Å². The van der Waals surface area contributed by atoms with Gasteiger partial charge in [-0.15, -0.1) is 0 Å². The third-order valence-corrected chi connectivity index (χ3v) is 3.35. The summed E-state index contributed by atoms with van der Waals surface area (Å²) in [7, 11) is 0. The monoisotopic (exact) mass is 272 g/mol. The Hall–Kier alpha value is -2.14. The van der Waals surface area contributed by atoms with Gasteiger partial charge < -0.3 is 14.2 Å². The van der Waals surface area contributed by atoms with Gasteiger partial charge in [-0.05, 0) is 5.56 Å². The molecule has 0 radical (unpaired) electrons. The maximum absolute atomic E-state index is 11.9. The first-order chi connectivity index (χ1) is 9.81. The SMILES string of the molecule is O=C(Cc1ccon1)N1CC(OCc2ccccc2)C1. The largest absolute Gasteiger partial charge is 0.370 e. The quantitative estimate of drug-likeness (QED) is 0.830. The predicted molar refractivity (Wildman–Crippen MR) is 71.8 cm³/mol. The number of aromatic nitrogens is 1. The lowest BCUT2D eigenvalue weighted by Gasteiger charge is -2.38. The number of likely N-dealkylation sites (tertiary alicyclic amines) is 1. The van der Waals surface area contributed by atoms with E-state index in [1.807, 2.05) is 30.3 Å². The number of hydrogen-bond acceptors (Lipinski definition) is 4. The Morgan fingerprint density at radius 3 is 2.80 bits per heavy atom. The highest BCUT2D eigenvalue weighted by Gasteiger charge is 2.31. The van der Waals surface area contributed by atoms with Gasteiger partial charge in [-0.25, -0.2) is 0 Å². The van der Waals surface area contributed by atoms with E-state index in [1.54, 1.807) is 11.0 Å². The Labute approximate surface area is 117 Å². The predicted octanol–water partition coefficient (Wildman–Crippen LogP) is 1.64. The molecule has 1 fully saturated rings. The van der Waals surface area contributed by atoms with Crippen LogP contribution in [0.25, 0.3) is 0 Å². The first-order valence-corrected chi connectivity index (χ1v) is 6.64. The van der Waals surface area contributed by atoms with Crippen LogP contribution in [0.3, 0.4) is 0 Å². The maximum atomic E-state index is 11.9. The van der Waals surface area contributed by atoms with Gasteiger partial charge in [0.2, 0.25) is 5.91 Å². The summed E-state index contributed by atoms with van der Waals surface area (Å²) >= 11 is 0. The molecule has 2 aromatic rings. The molecule has 0 unspecified atom stereocenters. The molecule has 5 heteroatoms. The molecule has 5 nitrogen and oxygen atoms in total. The first-order valence-electron chi connectivity index (χ1n) is 6.64. The normalized spacial score (nSPS) is 15.1. The molecule has 0 bridgehead atoms. The highest BCUT2D eigenvalue weighted by atomic mass is 16.5. The third kappa shape index (κ3) is 3.05. The lowest BCUT2D eigenvalue weighted by atomic mass is 10.1. The molecule has 1 aliphatic rings. The van der Waals surface area contributed by atoms with Gasteiger partial charge >= 0.3 is 0 Å². The lowest BCUT2D eigenvalue weighted by Crippen LogP contribution is -2.55. The zero-order valence-corrected chi connectivity index (χ0v) is 11.1. The fourth-order valence-electron chi connectivity index (χ4n) is 2.13. The van der Waals surface area contributed by atoms with E-state index in [-0.39, 0.29) is 12.0 Å². The van der Waals surface area contributed by atoms with Gasteiger partial charge in [0, 0.05) is 19.2 Å². The van der Waals surface area contributed by atoms with Crippen molar-refractivity contribution in [3.63, 3.8) is 0 Å². The molecule has 0 saturated carbocycles. The molecule has 3 rings (SSSR count). The Bertz CT molecular complexity index is 548. The van der Waals surface area contributed by atoms with Gasteiger partial charge in [-0.1, -0.05) is 35.5 Å². The summed E-state index contributed by atoms with van der Waals surface area (Å²) in [6.45, 7) is 1.91. The van der Waals surface area contributed by atoms with Crippen molar-refractivity contribution in [1.29, 1.82) is 0 Å². The van der Waals surface area contributed by atoms with E-state index in [0.29, 0.717) is 31.8 Å². The summed E-state index contributed by atoms with van der Waals surface area (Å²) in [4.78, 5) is 13.7. The molecule has 0 spiro atoms. The van der Waals surface area contributed by atoms with Crippen LogP contribution in [0, 0.1) is 0 Å². The third-order valence-electron chi connectivity index (χ3n) is 3.35. The molecule has 1 aromatic heterocycles. The van der Waals surface area contributed by atoms with Crippen LogP contribution in [0.1, 0.15) is 11.3 Å². The van der Waals surface area contributed by atoms with Crippen LogP contribution in [-0.4, -0.2) is 35.2 Å². The second-order valence-corrected chi connectivity index (χ2v) is 4.88. The molecular weight excluding hydrogens is 256 g/mol. The highest BCUT2D eigenvalue weighted by Crippen LogP contribution is 2.15. The molecule has 1 aliphatic heterocycles. The van der Waals surface area contributed by atoms with Crippen molar-refractivity contribution in [1.82, 2.24) is 10.1 Å². The molecule has 1 amide bonds. The van der Waals surface area contributed by atoms with E-state index in [0.717, 1.165) is 5.56 Å². The molecular formula is C15H16N2O3. The Balaban J connectivity index is 1.39. The minimum atomic E-state index is 0.0680. The van der Waals surface area contributed by atoms with E-state index < -0.39 is 0 Å². The topological polar surface area (TPSA) is 55.6 Å². The van der Waals surface area contributed by atoms with Crippen LogP contribution in [0.4, 0.5) is 0 Å². The summed E-state index contributed by atoms with van der Waals surface area (Å²) < 4.78 is 10.5. The average Bonchev–Trinajstić information content (AvgIpc) is 2.91. The number of carbonyl (C=O) groups excluding carboxylic acids is 1. The number of amides is 1. The number of ether oxygens (including phenoxy) is 1. The molecule has 20 heavy (non-hydrogen) atoms. The summed E-state index contributed by atoms with van der Waals surface area (Å²) in [6.07, 6.45) is 1.91. The summed E-state index contributed by atoms with van der Waals surface area (Å²) in [6, 6.07) is 11.7. The zero-order chi connectivity index (χ0) is 13.8. The fourth-order valence-corrected chi connectivity index (χ4v) is 2.13. The van der Waals surface area contributed by atoms with Crippen LogP contribution < -0.4 is 0 Å². The average molecular weight is 272 g/mol. The summed E-state index contributed by atoms with van der Waals surface area (Å²) in [5, 5.41) is 3.74. The second kappa shape index (κ2) is 5.88. The van der Waals surface area contributed by atoms with Gasteiger partial charge in [-0.2, -0.15) is 0 Å². The van der Waals surface area contributed by atoms with Crippen molar-refractivity contribution in [3.8, 4) is 0 Å². The van der Waals surface area contributed by atoms with Crippen LogP contribution >= 0.6 is 0 Å². The number of rotatable bonds is 5. The van der Waals surface area contributed by atoms with Gasteiger partial charge in [-0.3, -0.25) is 4.79 Å². The highest BCUT2D eigenvalue weighted by molar-refractivity contribution is 5.79. The van der Waals surface area contributed by atoms with E-state index in [9.17, 15) is 4.79 Å². The minimum Gasteiger partial charge on any atom is -0.370 e. The summed E-state index contributed by atoms with van der Waals surface area (Å²) in [5.74, 6) is 0.0680. The first kappa shape index (κ1) is 12.9. The van der Waals surface area contributed by atoms with Crippen LogP contribution in [-0.2, 0) is 22.6 Å². The van der Waals surface area contributed by atoms with E-state index in [1.165, 1.54) is 6.26 Å². The minimum absolute atomic E-state index is 0.0680. The Kier molecular flexibility index (Phi) is 3.78. The van der Waals surface area contributed by atoms with Gasteiger partial charge in [0.15, 0.2) is 0 Å². The van der Waals surface area contributed by atoms with Crippen molar-refractivity contribution in [2.45, 2.75) is 19.1 Å². The Morgan fingerprint density at radius 2 is 2.10 bits per heavy atom. The zero-order valence-electron chi connectivity index (χ0n) is 11.1. The van der Waals surface area contributed by atoms with E-state index in [2.05, 4.69) is 5.16 Å². The molecule has 0 atom stereocenters. The molecule has 104 valence electrons. The van der Waals surface area contributed by atoms with E-state index in [4.69, 9.17) is 9.26 Å².